The summed E-state index contributed by atoms with van der Waals surface area (Å²) in [7, 11) is 5.78. The van der Waals surface area contributed by atoms with Gasteiger partial charge in [0, 0.05) is 19.6 Å². The number of nitrogens with zero attached hydrogens (tertiary/aromatic N) is 2. The summed E-state index contributed by atoms with van der Waals surface area (Å²) in [6.45, 7) is 7.68. The van der Waals surface area contributed by atoms with Crippen LogP contribution < -0.4 is 4.74 Å². The number of carbonyl (C=O) groups excluding carboxylic acids is 1. The Hall–Kier alpha value is -1.59. The monoisotopic (exact) mass is 374 g/mol. The molecule has 2 fully saturated rings. The standard InChI is InChI=1S/C22H34N2O3/c1-21(2)16-22(21,17-6-8-18(26-5)9-7-17)20(25)24-12-10-19(11-13-24)27-15-14-23(3)4/h6-9,19H,10-16H2,1-5H3. The lowest BCUT2D eigenvalue weighted by Crippen LogP contribution is -2.47. The summed E-state index contributed by atoms with van der Waals surface area (Å²) in [5, 5.41) is 0. The minimum Gasteiger partial charge on any atom is -0.497 e. The van der Waals surface area contributed by atoms with Crippen molar-refractivity contribution in [3.8, 4) is 5.75 Å². The molecule has 150 valence electrons. The fourth-order valence-corrected chi connectivity index (χ4v) is 4.37. The number of likely N-dealkylation sites (N-methyl/N-ethyl adjacent to an activating group) is 1. The number of amides is 1. The van der Waals surface area contributed by atoms with Crippen molar-refractivity contribution in [3.63, 3.8) is 0 Å². The Morgan fingerprint density at radius 1 is 1.19 bits per heavy atom. The molecule has 0 bridgehead atoms. The topological polar surface area (TPSA) is 42.0 Å². The fourth-order valence-electron chi connectivity index (χ4n) is 4.37. The number of carbonyl (C=O) groups is 1. The molecule has 1 aliphatic heterocycles. The lowest BCUT2D eigenvalue weighted by atomic mass is 9.86. The summed E-state index contributed by atoms with van der Waals surface area (Å²) < 4.78 is 11.3. The first-order chi connectivity index (χ1) is 12.8. The summed E-state index contributed by atoms with van der Waals surface area (Å²) in [6, 6.07) is 8.04. The van der Waals surface area contributed by atoms with Crippen molar-refractivity contribution in [1.29, 1.82) is 0 Å². The number of hydrogen-bond acceptors (Lipinski definition) is 4. The van der Waals surface area contributed by atoms with E-state index in [4.69, 9.17) is 9.47 Å². The molecule has 1 saturated heterocycles. The number of hydrogen-bond donors (Lipinski definition) is 0. The predicted octanol–water partition coefficient (Wildman–Crippen LogP) is 2.93. The molecule has 0 radical (unpaired) electrons. The van der Waals surface area contributed by atoms with Crippen molar-refractivity contribution in [1.82, 2.24) is 9.80 Å². The van der Waals surface area contributed by atoms with Crippen LogP contribution in [0.25, 0.3) is 0 Å². The predicted molar refractivity (Wildman–Crippen MR) is 107 cm³/mol. The van der Waals surface area contributed by atoms with Gasteiger partial charge in [0.05, 0.1) is 25.2 Å². The van der Waals surface area contributed by atoms with E-state index in [0.717, 1.165) is 56.8 Å². The van der Waals surface area contributed by atoms with E-state index in [1.54, 1.807) is 7.11 Å². The lowest BCUT2D eigenvalue weighted by Gasteiger charge is -2.35. The van der Waals surface area contributed by atoms with Crippen LogP contribution in [0.15, 0.2) is 24.3 Å². The van der Waals surface area contributed by atoms with Crippen LogP contribution in [0.3, 0.4) is 0 Å². The Labute approximate surface area is 163 Å². The third-order valence-electron chi connectivity index (χ3n) is 6.31. The molecule has 1 unspecified atom stereocenters. The van der Waals surface area contributed by atoms with Crippen LogP contribution in [0.2, 0.25) is 0 Å². The molecule has 2 aliphatic rings. The van der Waals surface area contributed by atoms with Crippen LogP contribution in [0.5, 0.6) is 5.75 Å². The largest absolute Gasteiger partial charge is 0.497 e. The molecule has 1 amide bonds. The van der Waals surface area contributed by atoms with Crippen molar-refractivity contribution in [2.75, 3.05) is 47.4 Å². The third-order valence-corrected chi connectivity index (χ3v) is 6.31. The highest BCUT2D eigenvalue weighted by Crippen LogP contribution is 2.65. The number of methoxy groups -OCH3 is 1. The van der Waals surface area contributed by atoms with E-state index in [9.17, 15) is 4.79 Å². The molecule has 0 N–H and O–H groups in total. The summed E-state index contributed by atoms with van der Waals surface area (Å²) in [6.07, 6.45) is 3.04. The van der Waals surface area contributed by atoms with Crippen LogP contribution >= 0.6 is 0 Å². The molecule has 1 heterocycles. The number of piperidine rings is 1. The van der Waals surface area contributed by atoms with Gasteiger partial charge in [-0.25, -0.2) is 0 Å². The molecule has 1 aromatic rings. The third kappa shape index (κ3) is 3.99. The van der Waals surface area contributed by atoms with Crippen LogP contribution in [0, 0.1) is 5.41 Å². The molecule has 1 saturated carbocycles. The maximum Gasteiger partial charge on any atom is 0.233 e. The molecule has 0 aromatic heterocycles. The first kappa shape index (κ1) is 20.2. The molecule has 1 aliphatic carbocycles. The van der Waals surface area contributed by atoms with Crippen molar-refractivity contribution in [3.05, 3.63) is 29.8 Å². The van der Waals surface area contributed by atoms with Crippen LogP contribution in [0.1, 0.15) is 38.7 Å². The van der Waals surface area contributed by atoms with E-state index in [0.29, 0.717) is 0 Å². The molecule has 0 spiro atoms. The molecular weight excluding hydrogens is 340 g/mol. The van der Waals surface area contributed by atoms with Gasteiger partial charge in [0.2, 0.25) is 5.91 Å². The number of likely N-dealkylation sites (tertiary alicyclic amines) is 1. The van der Waals surface area contributed by atoms with E-state index in [1.165, 1.54) is 0 Å². The average molecular weight is 375 g/mol. The second kappa shape index (κ2) is 7.80. The van der Waals surface area contributed by atoms with Crippen LogP contribution in [-0.4, -0.2) is 69.3 Å². The van der Waals surface area contributed by atoms with Gasteiger partial charge in [-0.1, -0.05) is 26.0 Å². The van der Waals surface area contributed by atoms with Gasteiger partial charge in [-0.3, -0.25) is 4.79 Å². The highest BCUT2D eigenvalue weighted by atomic mass is 16.5. The smallest absolute Gasteiger partial charge is 0.233 e. The van der Waals surface area contributed by atoms with E-state index < -0.39 is 5.41 Å². The van der Waals surface area contributed by atoms with E-state index in [1.807, 2.05) is 12.1 Å². The van der Waals surface area contributed by atoms with Crippen LogP contribution in [0.4, 0.5) is 0 Å². The van der Waals surface area contributed by atoms with Gasteiger partial charge < -0.3 is 19.3 Å². The zero-order chi connectivity index (χ0) is 19.7. The highest BCUT2D eigenvalue weighted by Gasteiger charge is 2.68. The van der Waals surface area contributed by atoms with Crippen molar-refractivity contribution in [2.24, 2.45) is 5.41 Å². The minimum atomic E-state index is -0.391. The Bertz CT molecular complexity index is 648. The molecular formula is C22H34N2O3. The molecule has 1 aromatic carbocycles. The van der Waals surface area contributed by atoms with Gasteiger partial charge >= 0.3 is 0 Å². The Morgan fingerprint density at radius 2 is 1.78 bits per heavy atom. The van der Waals surface area contributed by atoms with Gasteiger partial charge in [0.15, 0.2) is 0 Å². The summed E-state index contributed by atoms with van der Waals surface area (Å²) in [4.78, 5) is 17.7. The van der Waals surface area contributed by atoms with Crippen LogP contribution in [-0.2, 0) is 14.9 Å². The van der Waals surface area contributed by atoms with Gasteiger partial charge in [-0.15, -0.1) is 0 Å². The molecule has 27 heavy (non-hydrogen) atoms. The second-order valence-electron chi connectivity index (χ2n) is 8.86. The Balaban J connectivity index is 1.63. The highest BCUT2D eigenvalue weighted by molar-refractivity contribution is 5.93. The van der Waals surface area contributed by atoms with E-state index in [2.05, 4.69) is 49.9 Å². The summed E-state index contributed by atoms with van der Waals surface area (Å²) >= 11 is 0. The number of rotatable bonds is 7. The first-order valence-electron chi connectivity index (χ1n) is 10.0. The summed E-state index contributed by atoms with van der Waals surface area (Å²) in [5.41, 5.74) is 0.720. The maximum atomic E-state index is 13.5. The van der Waals surface area contributed by atoms with Gasteiger partial charge in [-0.2, -0.15) is 0 Å². The van der Waals surface area contributed by atoms with E-state index >= 15 is 0 Å². The molecule has 5 nitrogen and oxygen atoms in total. The SMILES string of the molecule is COc1ccc(C2(C(=O)N3CCC(OCCN(C)C)CC3)CC2(C)C)cc1. The van der Waals surface area contributed by atoms with Crippen molar-refractivity contribution >= 4 is 5.91 Å². The quantitative estimate of drug-likeness (QED) is 0.736. The zero-order valence-corrected chi connectivity index (χ0v) is 17.5. The molecule has 5 heteroatoms. The zero-order valence-electron chi connectivity index (χ0n) is 17.5. The normalized spacial score (nSPS) is 24.9. The lowest BCUT2D eigenvalue weighted by molar-refractivity contribution is -0.137. The van der Waals surface area contributed by atoms with Crippen molar-refractivity contribution < 1.29 is 14.3 Å². The fraction of sp³-hybridized carbons (Fsp3) is 0.682. The van der Waals surface area contributed by atoms with E-state index in [-0.39, 0.29) is 17.4 Å². The first-order valence-corrected chi connectivity index (χ1v) is 10.0. The average Bonchev–Trinajstić information content (AvgIpc) is 3.25. The molecule has 3 rings (SSSR count). The van der Waals surface area contributed by atoms with Crippen molar-refractivity contribution in [2.45, 2.75) is 44.6 Å². The summed E-state index contributed by atoms with van der Waals surface area (Å²) in [5.74, 6) is 1.11. The van der Waals surface area contributed by atoms with Gasteiger partial charge in [-0.05, 0) is 56.5 Å². The second-order valence-corrected chi connectivity index (χ2v) is 8.86. The van der Waals surface area contributed by atoms with Gasteiger partial charge in [0.1, 0.15) is 5.75 Å². The number of benzene rings is 1. The minimum absolute atomic E-state index is 0.00225. The Kier molecular flexibility index (Phi) is 5.82. The number of ether oxygens (including phenoxy) is 2. The van der Waals surface area contributed by atoms with Gasteiger partial charge in [0.25, 0.3) is 0 Å². The maximum absolute atomic E-state index is 13.5. The Morgan fingerprint density at radius 3 is 2.26 bits per heavy atom. The molecule has 1 atom stereocenters.